The number of carbonyl (C=O) groups excluding carboxylic acids is 2. The number of hydrogen-bond donors (Lipinski definition) is 2. The standard InChI is InChI=1S/C14H21N3O3/c1-5-14(3,4)17-12(18)9(2)20-13(19)11-7-6-10(15)8-16-11/h6-9H,5,15H2,1-4H3,(H,17,18). The van der Waals surface area contributed by atoms with Crippen molar-refractivity contribution in [3.8, 4) is 0 Å². The van der Waals surface area contributed by atoms with E-state index in [1.165, 1.54) is 19.2 Å². The Morgan fingerprint density at radius 2 is 2.10 bits per heavy atom. The summed E-state index contributed by atoms with van der Waals surface area (Å²) in [7, 11) is 0. The summed E-state index contributed by atoms with van der Waals surface area (Å²) >= 11 is 0. The number of pyridine rings is 1. The van der Waals surface area contributed by atoms with E-state index in [4.69, 9.17) is 10.5 Å². The molecule has 0 aliphatic carbocycles. The van der Waals surface area contributed by atoms with E-state index in [1.54, 1.807) is 6.07 Å². The van der Waals surface area contributed by atoms with Gasteiger partial charge in [-0.2, -0.15) is 0 Å². The normalized spacial score (nSPS) is 12.6. The Bertz CT molecular complexity index is 483. The van der Waals surface area contributed by atoms with Crippen LogP contribution < -0.4 is 11.1 Å². The highest BCUT2D eigenvalue weighted by Gasteiger charge is 2.24. The van der Waals surface area contributed by atoms with Crippen LogP contribution in [-0.2, 0) is 9.53 Å². The summed E-state index contributed by atoms with van der Waals surface area (Å²) in [6.45, 7) is 7.30. The average molecular weight is 279 g/mol. The molecule has 6 nitrogen and oxygen atoms in total. The molecule has 110 valence electrons. The van der Waals surface area contributed by atoms with E-state index in [0.29, 0.717) is 5.69 Å². The molecule has 1 aromatic rings. The van der Waals surface area contributed by atoms with Gasteiger partial charge in [-0.1, -0.05) is 6.92 Å². The number of anilines is 1. The molecule has 0 saturated carbocycles. The van der Waals surface area contributed by atoms with Gasteiger partial charge < -0.3 is 15.8 Å². The molecule has 0 aliphatic heterocycles. The van der Waals surface area contributed by atoms with Gasteiger partial charge in [0.15, 0.2) is 6.10 Å². The average Bonchev–Trinajstić information content (AvgIpc) is 2.38. The number of hydrogen-bond acceptors (Lipinski definition) is 5. The maximum Gasteiger partial charge on any atom is 0.357 e. The molecule has 0 aromatic carbocycles. The van der Waals surface area contributed by atoms with E-state index in [1.807, 2.05) is 20.8 Å². The minimum Gasteiger partial charge on any atom is -0.448 e. The molecule has 0 aliphatic rings. The van der Waals surface area contributed by atoms with Crippen LogP contribution in [0.15, 0.2) is 18.3 Å². The highest BCUT2D eigenvalue weighted by molar-refractivity contribution is 5.90. The molecule has 1 atom stereocenters. The molecule has 20 heavy (non-hydrogen) atoms. The maximum atomic E-state index is 11.9. The van der Waals surface area contributed by atoms with Gasteiger partial charge in [-0.05, 0) is 39.3 Å². The number of aromatic nitrogens is 1. The third kappa shape index (κ3) is 4.53. The molecule has 0 bridgehead atoms. The van der Waals surface area contributed by atoms with E-state index < -0.39 is 12.1 Å². The zero-order valence-electron chi connectivity index (χ0n) is 12.3. The maximum absolute atomic E-state index is 11.9. The van der Waals surface area contributed by atoms with Crippen molar-refractivity contribution in [2.24, 2.45) is 0 Å². The lowest BCUT2D eigenvalue weighted by atomic mass is 10.0. The number of ether oxygens (including phenoxy) is 1. The van der Waals surface area contributed by atoms with Crippen molar-refractivity contribution in [1.29, 1.82) is 0 Å². The van der Waals surface area contributed by atoms with Crippen LogP contribution in [0, 0.1) is 0 Å². The smallest absolute Gasteiger partial charge is 0.357 e. The third-order valence-electron chi connectivity index (χ3n) is 2.99. The molecule has 1 rings (SSSR count). The Morgan fingerprint density at radius 1 is 1.45 bits per heavy atom. The minimum absolute atomic E-state index is 0.119. The molecular weight excluding hydrogens is 258 g/mol. The molecular formula is C14H21N3O3. The lowest BCUT2D eigenvalue weighted by Crippen LogP contribution is -2.47. The Hall–Kier alpha value is -2.11. The number of nitrogens with two attached hydrogens (primary N) is 1. The fourth-order valence-corrected chi connectivity index (χ4v) is 1.32. The topological polar surface area (TPSA) is 94.3 Å². The van der Waals surface area contributed by atoms with Crippen molar-refractivity contribution in [2.75, 3.05) is 5.73 Å². The molecule has 1 aromatic heterocycles. The van der Waals surface area contributed by atoms with Gasteiger partial charge in [0.1, 0.15) is 5.69 Å². The minimum atomic E-state index is -0.882. The molecule has 1 unspecified atom stereocenters. The molecule has 0 radical (unpaired) electrons. The number of nitrogens with one attached hydrogen (secondary N) is 1. The quantitative estimate of drug-likeness (QED) is 0.797. The first-order chi connectivity index (χ1) is 9.25. The fourth-order valence-electron chi connectivity index (χ4n) is 1.32. The predicted octanol–water partition coefficient (Wildman–Crippen LogP) is 1.51. The van der Waals surface area contributed by atoms with Crippen molar-refractivity contribution in [3.05, 3.63) is 24.0 Å². The first kappa shape index (κ1) is 15.9. The van der Waals surface area contributed by atoms with E-state index in [0.717, 1.165) is 6.42 Å². The molecule has 0 spiro atoms. The summed E-state index contributed by atoms with van der Waals surface area (Å²) in [5.41, 5.74) is 5.72. The summed E-state index contributed by atoms with van der Waals surface area (Å²) < 4.78 is 5.07. The summed E-state index contributed by atoms with van der Waals surface area (Å²) in [5.74, 6) is -0.984. The van der Waals surface area contributed by atoms with Gasteiger partial charge in [-0.3, -0.25) is 4.79 Å². The lowest BCUT2D eigenvalue weighted by molar-refractivity contribution is -0.130. The second-order valence-electron chi connectivity index (χ2n) is 5.25. The highest BCUT2D eigenvalue weighted by Crippen LogP contribution is 2.09. The van der Waals surface area contributed by atoms with E-state index in [-0.39, 0.29) is 17.1 Å². The van der Waals surface area contributed by atoms with Crippen molar-refractivity contribution >= 4 is 17.6 Å². The van der Waals surface area contributed by atoms with Gasteiger partial charge >= 0.3 is 5.97 Å². The zero-order valence-corrected chi connectivity index (χ0v) is 12.3. The highest BCUT2D eigenvalue weighted by atomic mass is 16.5. The number of carbonyl (C=O) groups is 2. The van der Waals surface area contributed by atoms with Gasteiger partial charge in [0, 0.05) is 5.54 Å². The summed E-state index contributed by atoms with van der Waals surface area (Å²) in [6, 6.07) is 3.01. The second kappa shape index (κ2) is 6.36. The van der Waals surface area contributed by atoms with Crippen molar-refractivity contribution in [1.82, 2.24) is 10.3 Å². The van der Waals surface area contributed by atoms with Crippen LogP contribution in [0.2, 0.25) is 0 Å². The molecule has 0 fully saturated rings. The van der Waals surface area contributed by atoms with Crippen LogP contribution in [0.4, 0.5) is 5.69 Å². The van der Waals surface area contributed by atoms with Gasteiger partial charge in [-0.25, -0.2) is 9.78 Å². The van der Waals surface area contributed by atoms with Crippen LogP contribution in [0.1, 0.15) is 44.6 Å². The monoisotopic (exact) mass is 279 g/mol. The van der Waals surface area contributed by atoms with E-state index >= 15 is 0 Å². The first-order valence-corrected chi connectivity index (χ1v) is 6.49. The van der Waals surface area contributed by atoms with Gasteiger partial charge in [0.2, 0.25) is 0 Å². The lowest BCUT2D eigenvalue weighted by Gasteiger charge is -2.26. The largest absolute Gasteiger partial charge is 0.448 e. The molecule has 1 heterocycles. The van der Waals surface area contributed by atoms with Gasteiger partial charge in [0.05, 0.1) is 11.9 Å². The van der Waals surface area contributed by atoms with Crippen molar-refractivity contribution in [3.63, 3.8) is 0 Å². The second-order valence-corrected chi connectivity index (χ2v) is 5.25. The molecule has 0 saturated heterocycles. The van der Waals surface area contributed by atoms with Crippen LogP contribution in [-0.4, -0.2) is 28.5 Å². The SMILES string of the molecule is CCC(C)(C)NC(=O)C(C)OC(=O)c1ccc(N)cn1. The zero-order chi connectivity index (χ0) is 15.3. The first-order valence-electron chi connectivity index (χ1n) is 6.49. The Labute approximate surface area is 118 Å². The number of nitrogen functional groups attached to an aromatic ring is 1. The summed E-state index contributed by atoms with van der Waals surface area (Å²) in [6.07, 6.45) is 1.26. The molecule has 3 N–H and O–H groups in total. The number of nitrogens with zero attached hydrogens (tertiary/aromatic N) is 1. The van der Waals surface area contributed by atoms with Crippen LogP contribution in [0.5, 0.6) is 0 Å². The molecule has 6 heteroatoms. The number of rotatable bonds is 5. The summed E-state index contributed by atoms with van der Waals surface area (Å²) in [4.78, 5) is 27.6. The van der Waals surface area contributed by atoms with Crippen LogP contribution in [0.25, 0.3) is 0 Å². The number of esters is 1. The van der Waals surface area contributed by atoms with E-state index in [9.17, 15) is 9.59 Å². The van der Waals surface area contributed by atoms with Gasteiger partial charge in [-0.15, -0.1) is 0 Å². The van der Waals surface area contributed by atoms with Crippen molar-refractivity contribution < 1.29 is 14.3 Å². The Balaban J connectivity index is 2.61. The number of amides is 1. The van der Waals surface area contributed by atoms with Crippen LogP contribution >= 0.6 is 0 Å². The molecule has 1 amide bonds. The fraction of sp³-hybridized carbons (Fsp3) is 0.500. The summed E-state index contributed by atoms with van der Waals surface area (Å²) in [5, 5.41) is 2.82. The van der Waals surface area contributed by atoms with E-state index in [2.05, 4.69) is 10.3 Å². The van der Waals surface area contributed by atoms with Crippen molar-refractivity contribution in [2.45, 2.75) is 45.8 Å². The Kier molecular flexibility index (Phi) is 5.07. The van der Waals surface area contributed by atoms with Crippen LogP contribution in [0.3, 0.4) is 0 Å². The van der Waals surface area contributed by atoms with Gasteiger partial charge in [0.25, 0.3) is 5.91 Å². The predicted molar refractivity (Wildman–Crippen MR) is 76.0 cm³/mol. The third-order valence-corrected chi connectivity index (χ3v) is 2.99. The Morgan fingerprint density at radius 3 is 2.60 bits per heavy atom.